The Balaban J connectivity index is 2.09. The zero-order chi connectivity index (χ0) is 13.0. The molecule has 2 rings (SSSR count). The van der Waals surface area contributed by atoms with Crippen molar-refractivity contribution in [3.8, 4) is 6.01 Å². The Bertz CT molecular complexity index is 555. The lowest BCUT2D eigenvalue weighted by Crippen LogP contribution is -2.14. The van der Waals surface area contributed by atoms with Crippen LogP contribution in [0, 0.1) is 5.82 Å². The van der Waals surface area contributed by atoms with E-state index in [9.17, 15) is 9.18 Å². The number of aromatic nitrogens is 3. The second-order valence-electron chi connectivity index (χ2n) is 3.33. The van der Waals surface area contributed by atoms with Gasteiger partial charge in [0.2, 0.25) is 5.95 Å². The van der Waals surface area contributed by atoms with E-state index in [2.05, 4.69) is 20.5 Å². The van der Waals surface area contributed by atoms with Gasteiger partial charge in [0, 0.05) is 0 Å². The van der Waals surface area contributed by atoms with Gasteiger partial charge in [-0.25, -0.2) is 9.49 Å². The number of rotatable bonds is 4. The van der Waals surface area contributed by atoms with Gasteiger partial charge >= 0.3 is 6.01 Å². The van der Waals surface area contributed by atoms with E-state index in [1.807, 2.05) is 0 Å². The lowest BCUT2D eigenvalue weighted by Gasteiger charge is -2.01. The predicted molar refractivity (Wildman–Crippen MR) is 61.9 cm³/mol. The summed E-state index contributed by atoms with van der Waals surface area (Å²) >= 11 is 0. The SMILES string of the molecule is CCOc1n[nH]c(NC(=O)c2ccccc2F)n1. The van der Waals surface area contributed by atoms with Crippen molar-refractivity contribution in [2.24, 2.45) is 0 Å². The molecule has 6 nitrogen and oxygen atoms in total. The van der Waals surface area contributed by atoms with Crippen LogP contribution in [-0.4, -0.2) is 27.7 Å². The molecule has 0 saturated heterocycles. The van der Waals surface area contributed by atoms with Gasteiger partial charge in [0.25, 0.3) is 5.91 Å². The third-order valence-electron chi connectivity index (χ3n) is 2.09. The number of hydrogen-bond acceptors (Lipinski definition) is 4. The summed E-state index contributed by atoms with van der Waals surface area (Å²) in [5.74, 6) is -1.10. The van der Waals surface area contributed by atoms with E-state index in [1.165, 1.54) is 18.2 Å². The van der Waals surface area contributed by atoms with E-state index in [0.29, 0.717) is 6.61 Å². The fourth-order valence-corrected chi connectivity index (χ4v) is 1.32. The van der Waals surface area contributed by atoms with Gasteiger partial charge in [-0.3, -0.25) is 10.1 Å². The van der Waals surface area contributed by atoms with Gasteiger partial charge in [-0.1, -0.05) is 12.1 Å². The summed E-state index contributed by atoms with van der Waals surface area (Å²) in [5, 5.41) is 8.57. The van der Waals surface area contributed by atoms with Crippen molar-refractivity contribution in [3.05, 3.63) is 35.6 Å². The zero-order valence-corrected chi connectivity index (χ0v) is 9.61. The number of ether oxygens (including phenoxy) is 1. The molecule has 1 aromatic carbocycles. The van der Waals surface area contributed by atoms with Crippen molar-refractivity contribution in [1.29, 1.82) is 0 Å². The molecule has 0 spiro atoms. The van der Waals surface area contributed by atoms with E-state index < -0.39 is 11.7 Å². The van der Waals surface area contributed by atoms with Crippen molar-refractivity contribution in [2.45, 2.75) is 6.92 Å². The fraction of sp³-hybridized carbons (Fsp3) is 0.182. The minimum Gasteiger partial charge on any atom is -0.463 e. The summed E-state index contributed by atoms with van der Waals surface area (Å²) in [6.07, 6.45) is 0. The van der Waals surface area contributed by atoms with Crippen LogP contribution in [0.15, 0.2) is 24.3 Å². The Kier molecular flexibility index (Phi) is 3.52. The minimum atomic E-state index is -0.604. The Hall–Kier alpha value is -2.44. The monoisotopic (exact) mass is 250 g/mol. The van der Waals surface area contributed by atoms with E-state index in [1.54, 1.807) is 13.0 Å². The Labute approximate surface area is 102 Å². The van der Waals surface area contributed by atoms with Gasteiger partial charge in [-0.05, 0) is 19.1 Å². The lowest BCUT2D eigenvalue weighted by molar-refractivity contribution is 0.102. The van der Waals surface area contributed by atoms with Crippen LogP contribution in [-0.2, 0) is 0 Å². The number of nitrogens with zero attached hydrogens (tertiary/aromatic N) is 2. The highest BCUT2D eigenvalue weighted by atomic mass is 19.1. The Morgan fingerprint density at radius 1 is 1.50 bits per heavy atom. The van der Waals surface area contributed by atoms with E-state index in [-0.39, 0.29) is 17.5 Å². The Morgan fingerprint density at radius 3 is 3.00 bits per heavy atom. The normalized spacial score (nSPS) is 10.1. The molecule has 1 amide bonds. The number of carbonyl (C=O) groups is 1. The molecule has 2 N–H and O–H groups in total. The van der Waals surface area contributed by atoms with Gasteiger partial charge in [0.15, 0.2) is 0 Å². The third kappa shape index (κ3) is 2.62. The Morgan fingerprint density at radius 2 is 2.28 bits per heavy atom. The fourth-order valence-electron chi connectivity index (χ4n) is 1.32. The second kappa shape index (κ2) is 5.26. The highest BCUT2D eigenvalue weighted by Gasteiger charge is 2.13. The largest absolute Gasteiger partial charge is 0.463 e. The highest BCUT2D eigenvalue weighted by molar-refractivity contribution is 6.03. The van der Waals surface area contributed by atoms with E-state index >= 15 is 0 Å². The summed E-state index contributed by atoms with van der Waals surface area (Å²) < 4.78 is 18.4. The number of carbonyl (C=O) groups excluding carboxylic acids is 1. The van der Waals surface area contributed by atoms with Crippen LogP contribution in [0.4, 0.5) is 10.3 Å². The maximum absolute atomic E-state index is 13.3. The number of amides is 1. The minimum absolute atomic E-state index is 0.0631. The van der Waals surface area contributed by atoms with Crippen LogP contribution >= 0.6 is 0 Å². The molecule has 0 radical (unpaired) electrons. The molecule has 0 unspecified atom stereocenters. The van der Waals surface area contributed by atoms with Crippen LogP contribution in [0.3, 0.4) is 0 Å². The van der Waals surface area contributed by atoms with Crippen molar-refractivity contribution in [3.63, 3.8) is 0 Å². The maximum Gasteiger partial charge on any atom is 0.337 e. The van der Waals surface area contributed by atoms with Gasteiger partial charge in [-0.15, -0.1) is 5.10 Å². The van der Waals surface area contributed by atoms with Crippen LogP contribution in [0.2, 0.25) is 0 Å². The third-order valence-corrected chi connectivity index (χ3v) is 2.09. The topological polar surface area (TPSA) is 79.9 Å². The number of halogens is 1. The molecule has 7 heteroatoms. The molecule has 0 aliphatic heterocycles. The lowest BCUT2D eigenvalue weighted by atomic mass is 10.2. The molecule has 0 fully saturated rings. The van der Waals surface area contributed by atoms with Gasteiger partial charge in [-0.2, -0.15) is 4.98 Å². The molecule has 0 bridgehead atoms. The van der Waals surface area contributed by atoms with Crippen molar-refractivity contribution >= 4 is 11.9 Å². The number of anilines is 1. The smallest absolute Gasteiger partial charge is 0.337 e. The molecule has 1 heterocycles. The second-order valence-corrected chi connectivity index (χ2v) is 3.33. The first-order valence-corrected chi connectivity index (χ1v) is 5.31. The summed E-state index contributed by atoms with van der Waals surface area (Å²) in [7, 11) is 0. The van der Waals surface area contributed by atoms with Gasteiger partial charge in [0.1, 0.15) is 5.82 Å². The maximum atomic E-state index is 13.3. The number of H-pyrrole nitrogens is 1. The molecule has 0 aliphatic carbocycles. The number of hydrogen-bond donors (Lipinski definition) is 2. The van der Waals surface area contributed by atoms with Crippen LogP contribution < -0.4 is 10.1 Å². The molecule has 1 aromatic heterocycles. The first-order valence-electron chi connectivity index (χ1n) is 5.31. The van der Waals surface area contributed by atoms with E-state index in [4.69, 9.17) is 4.74 Å². The molecular formula is C11H11FN4O2. The van der Waals surface area contributed by atoms with E-state index in [0.717, 1.165) is 0 Å². The van der Waals surface area contributed by atoms with Crippen LogP contribution in [0.25, 0.3) is 0 Å². The van der Waals surface area contributed by atoms with Crippen LogP contribution in [0.5, 0.6) is 6.01 Å². The summed E-state index contributed by atoms with van der Waals surface area (Å²) in [6, 6.07) is 5.80. The van der Waals surface area contributed by atoms with Crippen LogP contribution in [0.1, 0.15) is 17.3 Å². The number of benzene rings is 1. The molecule has 0 aliphatic rings. The van der Waals surface area contributed by atoms with Gasteiger partial charge in [0.05, 0.1) is 12.2 Å². The molecular weight excluding hydrogens is 239 g/mol. The van der Waals surface area contributed by atoms with Crippen molar-refractivity contribution < 1.29 is 13.9 Å². The van der Waals surface area contributed by atoms with Gasteiger partial charge < -0.3 is 4.74 Å². The molecule has 0 saturated carbocycles. The summed E-state index contributed by atoms with van der Waals surface area (Å²) in [5.41, 5.74) is -0.0631. The first kappa shape index (κ1) is 12.0. The molecule has 2 aromatic rings. The zero-order valence-electron chi connectivity index (χ0n) is 9.61. The number of aromatic amines is 1. The first-order chi connectivity index (χ1) is 8.70. The molecule has 94 valence electrons. The highest BCUT2D eigenvalue weighted by Crippen LogP contribution is 2.10. The van der Waals surface area contributed by atoms with Crippen molar-refractivity contribution in [2.75, 3.05) is 11.9 Å². The summed E-state index contributed by atoms with van der Waals surface area (Å²) in [4.78, 5) is 15.6. The molecule has 18 heavy (non-hydrogen) atoms. The predicted octanol–water partition coefficient (Wildman–Crippen LogP) is 1.59. The average molecular weight is 250 g/mol. The number of nitrogens with one attached hydrogen (secondary N) is 2. The molecule has 0 atom stereocenters. The van der Waals surface area contributed by atoms with Crippen molar-refractivity contribution in [1.82, 2.24) is 15.2 Å². The quantitative estimate of drug-likeness (QED) is 0.863. The average Bonchev–Trinajstić information content (AvgIpc) is 2.77. The standard InChI is InChI=1S/C11H11FN4O2/c1-2-18-11-14-10(15-16-11)13-9(17)7-5-3-4-6-8(7)12/h3-6H,2H2,1H3,(H2,13,14,15,16,17). The summed E-state index contributed by atoms with van der Waals surface area (Å²) in [6.45, 7) is 2.20.